The molecule has 2 aromatic heterocycles. The van der Waals surface area contributed by atoms with Crippen LogP contribution in [0.1, 0.15) is 36.0 Å². The number of aryl methyl sites for hydroxylation is 1. The zero-order valence-electron chi connectivity index (χ0n) is 16.6. The number of aromatic nitrogens is 2. The first kappa shape index (κ1) is 20.8. The highest BCUT2D eigenvalue weighted by molar-refractivity contribution is 7.91. The third-order valence-corrected chi connectivity index (χ3v) is 7.74. The van der Waals surface area contributed by atoms with Crippen molar-refractivity contribution >= 4 is 21.2 Å². The molecular weight excluding hydrogens is 390 g/mol. The predicted octanol–water partition coefficient (Wildman–Crippen LogP) is 4.17. The summed E-state index contributed by atoms with van der Waals surface area (Å²) in [6, 6.07) is 14.6. The van der Waals surface area contributed by atoms with Crippen molar-refractivity contribution in [2.75, 3.05) is 12.8 Å². The Bertz CT molecular complexity index is 980. The summed E-state index contributed by atoms with van der Waals surface area (Å²) in [6.45, 7) is 5.06. The number of rotatable bonds is 9. The van der Waals surface area contributed by atoms with E-state index in [9.17, 15) is 8.42 Å². The Morgan fingerprint density at radius 2 is 1.93 bits per heavy atom. The molecule has 150 valence electrons. The lowest BCUT2D eigenvalue weighted by atomic mass is 10.1. The molecule has 3 aromatic rings. The van der Waals surface area contributed by atoms with Gasteiger partial charge in [-0.15, -0.1) is 11.3 Å². The van der Waals surface area contributed by atoms with Gasteiger partial charge in [0.05, 0.1) is 17.6 Å². The smallest absolute Gasteiger partial charge is 0.227 e. The first-order valence-corrected chi connectivity index (χ1v) is 12.0. The third-order valence-electron chi connectivity index (χ3n) is 5.05. The molecule has 1 aromatic carbocycles. The predicted molar refractivity (Wildman–Crippen MR) is 114 cm³/mol. The average molecular weight is 418 g/mol. The van der Waals surface area contributed by atoms with Gasteiger partial charge in [0, 0.05) is 24.0 Å². The fourth-order valence-electron chi connectivity index (χ4n) is 3.16. The SMILES string of the molecule is CCS(=O)(=O)c1ncc(CN(C)C(C)c2cccs2)n1CCc1ccccc1. The minimum atomic E-state index is -3.38. The van der Waals surface area contributed by atoms with Gasteiger partial charge < -0.3 is 4.57 Å². The molecule has 0 aliphatic carbocycles. The number of thiophene rings is 1. The van der Waals surface area contributed by atoms with Gasteiger partial charge in [-0.3, -0.25) is 4.90 Å². The molecule has 5 nitrogen and oxygen atoms in total. The Balaban J connectivity index is 1.85. The Morgan fingerprint density at radius 1 is 1.18 bits per heavy atom. The third kappa shape index (κ3) is 4.71. The minimum absolute atomic E-state index is 0.0518. The molecule has 7 heteroatoms. The molecule has 1 atom stereocenters. The second kappa shape index (κ2) is 9.03. The molecular formula is C21H27N3O2S2. The van der Waals surface area contributed by atoms with Gasteiger partial charge in [-0.1, -0.05) is 43.3 Å². The van der Waals surface area contributed by atoms with Gasteiger partial charge in [-0.25, -0.2) is 13.4 Å². The maximum Gasteiger partial charge on any atom is 0.227 e. The van der Waals surface area contributed by atoms with Crippen LogP contribution in [0.15, 0.2) is 59.2 Å². The van der Waals surface area contributed by atoms with Crippen LogP contribution in [0, 0.1) is 0 Å². The van der Waals surface area contributed by atoms with E-state index in [1.807, 2.05) is 22.8 Å². The van der Waals surface area contributed by atoms with Gasteiger partial charge in [0.25, 0.3) is 0 Å². The van der Waals surface area contributed by atoms with Gasteiger partial charge in [0.1, 0.15) is 0 Å². The van der Waals surface area contributed by atoms with Gasteiger partial charge in [-0.2, -0.15) is 0 Å². The minimum Gasteiger partial charge on any atom is -0.317 e. The molecule has 3 rings (SSSR count). The summed E-state index contributed by atoms with van der Waals surface area (Å²) in [4.78, 5) is 7.81. The largest absolute Gasteiger partial charge is 0.317 e. The molecule has 2 heterocycles. The van der Waals surface area contributed by atoms with E-state index in [0.29, 0.717) is 13.1 Å². The molecule has 0 fully saturated rings. The summed E-state index contributed by atoms with van der Waals surface area (Å²) in [5, 5.41) is 2.26. The molecule has 0 bridgehead atoms. The summed E-state index contributed by atoms with van der Waals surface area (Å²) < 4.78 is 27.0. The molecule has 0 saturated carbocycles. The topological polar surface area (TPSA) is 55.2 Å². The van der Waals surface area contributed by atoms with Crippen LogP contribution in [-0.4, -0.2) is 35.7 Å². The molecule has 0 radical (unpaired) electrons. The van der Waals surface area contributed by atoms with E-state index in [0.717, 1.165) is 12.1 Å². The summed E-state index contributed by atoms with van der Waals surface area (Å²) in [7, 11) is -1.31. The van der Waals surface area contributed by atoms with Crippen LogP contribution in [0.3, 0.4) is 0 Å². The van der Waals surface area contributed by atoms with E-state index >= 15 is 0 Å². The van der Waals surface area contributed by atoms with Crippen molar-refractivity contribution in [3.63, 3.8) is 0 Å². The van der Waals surface area contributed by atoms with Gasteiger partial charge in [0.15, 0.2) is 0 Å². The molecule has 0 aliphatic heterocycles. The van der Waals surface area contributed by atoms with Gasteiger partial charge in [-0.05, 0) is 37.4 Å². The lowest BCUT2D eigenvalue weighted by molar-refractivity contribution is 0.248. The Hall–Kier alpha value is -1.96. The van der Waals surface area contributed by atoms with Crippen LogP contribution < -0.4 is 0 Å². The molecule has 0 N–H and O–H groups in total. The van der Waals surface area contributed by atoms with E-state index < -0.39 is 9.84 Å². The second-order valence-corrected chi connectivity index (χ2v) is 10.1. The van der Waals surface area contributed by atoms with Crippen molar-refractivity contribution in [2.24, 2.45) is 0 Å². The first-order chi connectivity index (χ1) is 13.4. The van der Waals surface area contributed by atoms with E-state index in [4.69, 9.17) is 0 Å². The summed E-state index contributed by atoms with van der Waals surface area (Å²) in [5.41, 5.74) is 2.11. The van der Waals surface area contributed by atoms with Crippen LogP contribution in [0.25, 0.3) is 0 Å². The van der Waals surface area contributed by atoms with Crippen molar-refractivity contribution in [1.29, 1.82) is 0 Å². The maximum atomic E-state index is 12.6. The summed E-state index contributed by atoms with van der Waals surface area (Å²) >= 11 is 1.73. The number of hydrogen-bond acceptors (Lipinski definition) is 5. The zero-order valence-corrected chi connectivity index (χ0v) is 18.2. The molecule has 28 heavy (non-hydrogen) atoms. The van der Waals surface area contributed by atoms with Crippen LogP contribution in [0.2, 0.25) is 0 Å². The highest BCUT2D eigenvalue weighted by atomic mass is 32.2. The van der Waals surface area contributed by atoms with Gasteiger partial charge >= 0.3 is 0 Å². The van der Waals surface area contributed by atoms with E-state index in [2.05, 4.69) is 53.5 Å². The van der Waals surface area contributed by atoms with Crippen LogP contribution in [0.4, 0.5) is 0 Å². The van der Waals surface area contributed by atoms with Crippen molar-refractivity contribution in [3.8, 4) is 0 Å². The van der Waals surface area contributed by atoms with E-state index in [1.54, 1.807) is 24.5 Å². The summed E-state index contributed by atoms with van der Waals surface area (Å²) in [6.07, 6.45) is 2.48. The molecule has 1 unspecified atom stereocenters. The lowest BCUT2D eigenvalue weighted by Crippen LogP contribution is -2.24. The zero-order chi connectivity index (χ0) is 20.1. The normalized spacial score (nSPS) is 13.1. The second-order valence-electron chi connectivity index (χ2n) is 6.93. The van der Waals surface area contributed by atoms with Crippen molar-refractivity contribution in [2.45, 2.75) is 44.6 Å². The number of imidazole rings is 1. The molecule has 0 spiro atoms. The Labute approximate surface area is 171 Å². The van der Waals surface area contributed by atoms with Crippen molar-refractivity contribution in [3.05, 3.63) is 70.2 Å². The van der Waals surface area contributed by atoms with E-state index in [1.165, 1.54) is 10.4 Å². The quantitative estimate of drug-likeness (QED) is 0.524. The van der Waals surface area contributed by atoms with Crippen LogP contribution in [-0.2, 0) is 29.3 Å². The average Bonchev–Trinajstić information content (AvgIpc) is 3.37. The molecule has 0 saturated heterocycles. The first-order valence-electron chi connectivity index (χ1n) is 9.47. The standard InChI is InChI=1S/C21H27N3O2S2/c1-4-28(25,26)21-22-15-19(16-23(3)17(2)20-11-8-14-27-20)24(21)13-12-18-9-6-5-7-10-18/h5-11,14-15,17H,4,12-13,16H2,1-3H3. The fraction of sp³-hybridized carbons (Fsp3) is 0.381. The van der Waals surface area contributed by atoms with Crippen molar-refractivity contribution in [1.82, 2.24) is 14.5 Å². The van der Waals surface area contributed by atoms with Crippen LogP contribution >= 0.6 is 11.3 Å². The van der Waals surface area contributed by atoms with E-state index in [-0.39, 0.29) is 17.0 Å². The van der Waals surface area contributed by atoms with Gasteiger partial charge in [0.2, 0.25) is 15.0 Å². The highest BCUT2D eigenvalue weighted by Crippen LogP contribution is 2.25. The van der Waals surface area contributed by atoms with Crippen molar-refractivity contribution < 1.29 is 8.42 Å². The Kier molecular flexibility index (Phi) is 6.69. The number of hydrogen-bond donors (Lipinski definition) is 0. The molecule has 0 aliphatic rings. The lowest BCUT2D eigenvalue weighted by Gasteiger charge is -2.24. The maximum absolute atomic E-state index is 12.6. The fourth-order valence-corrected chi connectivity index (χ4v) is 5.02. The van der Waals surface area contributed by atoms with Crippen LogP contribution in [0.5, 0.6) is 0 Å². The number of benzene rings is 1. The monoisotopic (exact) mass is 417 g/mol. The molecule has 0 amide bonds. The number of nitrogens with zero attached hydrogens (tertiary/aromatic N) is 3. The number of sulfone groups is 1. The summed E-state index contributed by atoms with van der Waals surface area (Å²) in [5.74, 6) is 0.0518. The highest BCUT2D eigenvalue weighted by Gasteiger charge is 2.23. The Morgan fingerprint density at radius 3 is 2.57 bits per heavy atom.